The van der Waals surface area contributed by atoms with Gasteiger partial charge >= 0.3 is 0 Å². The maximum Gasteiger partial charge on any atom is 0.164 e. The van der Waals surface area contributed by atoms with Crippen molar-refractivity contribution < 1.29 is 5.11 Å². The van der Waals surface area contributed by atoms with E-state index in [9.17, 15) is 5.11 Å². The second-order valence-corrected chi connectivity index (χ2v) is 3.33. The van der Waals surface area contributed by atoms with E-state index in [1.807, 2.05) is 12.2 Å². The molecule has 3 nitrogen and oxygen atoms in total. The number of likely N-dealkylation sites (tertiary alicyclic amines) is 1. The van der Waals surface area contributed by atoms with E-state index in [0.717, 1.165) is 13.1 Å². The molecule has 2 rings (SSSR count). The van der Waals surface area contributed by atoms with Gasteiger partial charge in [0.05, 0.1) is 6.04 Å². The molecule has 0 bridgehead atoms. The van der Waals surface area contributed by atoms with Crippen LogP contribution >= 0.6 is 0 Å². The minimum atomic E-state index is -0.548. The van der Waals surface area contributed by atoms with Gasteiger partial charge in [-0.25, -0.2) is 0 Å². The van der Waals surface area contributed by atoms with Gasteiger partial charge in [-0.1, -0.05) is 6.08 Å². The number of aliphatic imine (C=N–C) groups is 1. The van der Waals surface area contributed by atoms with E-state index in [0.29, 0.717) is 0 Å². The Labute approximate surface area is 72.4 Å². The molecule has 2 heterocycles. The summed E-state index contributed by atoms with van der Waals surface area (Å²) in [7, 11) is 0. The lowest BCUT2D eigenvalue weighted by Gasteiger charge is -2.28. The second-order valence-electron chi connectivity index (χ2n) is 3.33. The van der Waals surface area contributed by atoms with Gasteiger partial charge in [0, 0.05) is 6.21 Å². The molecule has 0 radical (unpaired) electrons. The lowest BCUT2D eigenvalue weighted by molar-refractivity contribution is 0.0930. The fourth-order valence-electron chi connectivity index (χ4n) is 1.84. The first-order valence-electron chi connectivity index (χ1n) is 4.50. The number of nitrogens with zero attached hydrogens (tertiary/aromatic N) is 2. The summed E-state index contributed by atoms with van der Waals surface area (Å²) in [5, 5.41) is 9.54. The summed E-state index contributed by atoms with van der Waals surface area (Å²) in [6.07, 6.45) is 7.56. The van der Waals surface area contributed by atoms with Crippen molar-refractivity contribution in [1.82, 2.24) is 4.90 Å². The Balaban J connectivity index is 2.02. The fraction of sp³-hybridized carbons (Fsp3) is 0.667. The van der Waals surface area contributed by atoms with Crippen molar-refractivity contribution in [2.75, 3.05) is 13.1 Å². The van der Waals surface area contributed by atoms with Gasteiger partial charge < -0.3 is 5.11 Å². The molecule has 0 aliphatic carbocycles. The van der Waals surface area contributed by atoms with Crippen molar-refractivity contribution in [3.05, 3.63) is 12.2 Å². The molecule has 2 unspecified atom stereocenters. The zero-order valence-corrected chi connectivity index (χ0v) is 7.06. The molecular weight excluding hydrogens is 152 g/mol. The summed E-state index contributed by atoms with van der Waals surface area (Å²) in [5.41, 5.74) is 0. The first-order chi connectivity index (χ1) is 5.88. The normalized spacial score (nSPS) is 36.1. The van der Waals surface area contributed by atoms with Gasteiger partial charge in [0.25, 0.3) is 0 Å². The predicted molar refractivity (Wildman–Crippen MR) is 48.2 cm³/mol. The molecule has 1 N–H and O–H groups in total. The third-order valence-electron chi connectivity index (χ3n) is 2.50. The number of dihydropyridines is 1. The fourth-order valence-corrected chi connectivity index (χ4v) is 1.84. The molecule has 2 atom stereocenters. The van der Waals surface area contributed by atoms with Crippen LogP contribution in [0.4, 0.5) is 0 Å². The van der Waals surface area contributed by atoms with Gasteiger partial charge in [0.15, 0.2) is 6.23 Å². The quantitative estimate of drug-likeness (QED) is 0.612. The van der Waals surface area contributed by atoms with E-state index < -0.39 is 6.23 Å². The molecule has 1 saturated heterocycles. The van der Waals surface area contributed by atoms with Crippen LogP contribution in [-0.4, -0.2) is 41.6 Å². The third kappa shape index (κ3) is 1.42. The highest BCUT2D eigenvalue weighted by atomic mass is 16.3. The summed E-state index contributed by atoms with van der Waals surface area (Å²) in [5.74, 6) is 0. The Bertz CT molecular complexity index is 207. The molecule has 0 saturated carbocycles. The molecular formula is C9H14N2O. The number of allylic oxidation sites excluding steroid dienone is 1. The van der Waals surface area contributed by atoms with Crippen molar-refractivity contribution in [2.45, 2.75) is 25.1 Å². The molecule has 66 valence electrons. The Morgan fingerprint density at radius 2 is 2.08 bits per heavy atom. The Morgan fingerprint density at radius 1 is 1.33 bits per heavy atom. The highest BCUT2D eigenvalue weighted by molar-refractivity contribution is 5.72. The molecule has 0 aromatic rings. The van der Waals surface area contributed by atoms with Crippen LogP contribution in [-0.2, 0) is 0 Å². The molecule has 0 spiro atoms. The molecule has 2 aliphatic rings. The standard InChI is InChI=1S/C9H14N2O/c12-9-8(4-3-5-10-9)11-6-1-2-7-11/h3-5,8-9,12H,1-2,6-7H2. The molecule has 1 fully saturated rings. The second kappa shape index (κ2) is 3.37. The predicted octanol–water partition coefficient (Wildman–Crippen LogP) is 0.410. The third-order valence-corrected chi connectivity index (χ3v) is 2.50. The zero-order chi connectivity index (χ0) is 8.39. The lowest BCUT2D eigenvalue weighted by Crippen LogP contribution is -2.40. The Kier molecular flexibility index (Phi) is 2.23. The molecule has 2 aliphatic heterocycles. The van der Waals surface area contributed by atoms with E-state index in [2.05, 4.69) is 9.89 Å². The minimum Gasteiger partial charge on any atom is -0.370 e. The summed E-state index contributed by atoms with van der Waals surface area (Å²) >= 11 is 0. The maximum atomic E-state index is 9.54. The Hall–Kier alpha value is -0.670. The average molecular weight is 166 g/mol. The van der Waals surface area contributed by atoms with E-state index >= 15 is 0 Å². The number of aliphatic hydroxyl groups excluding tert-OH is 1. The van der Waals surface area contributed by atoms with Gasteiger partial charge in [0.2, 0.25) is 0 Å². The SMILES string of the molecule is OC1N=CC=CC1N1CCCC1. The van der Waals surface area contributed by atoms with Crippen LogP contribution in [0.3, 0.4) is 0 Å². The lowest BCUT2D eigenvalue weighted by atomic mass is 10.2. The van der Waals surface area contributed by atoms with Crippen LogP contribution < -0.4 is 0 Å². The van der Waals surface area contributed by atoms with Gasteiger partial charge in [-0.3, -0.25) is 9.89 Å². The molecule has 3 heteroatoms. The molecule has 0 aromatic heterocycles. The number of hydrogen-bond donors (Lipinski definition) is 1. The van der Waals surface area contributed by atoms with Crippen LogP contribution in [0.15, 0.2) is 17.1 Å². The smallest absolute Gasteiger partial charge is 0.164 e. The summed E-state index contributed by atoms with van der Waals surface area (Å²) in [4.78, 5) is 6.25. The molecule has 0 aromatic carbocycles. The number of aliphatic hydroxyl groups is 1. The van der Waals surface area contributed by atoms with Gasteiger partial charge in [-0.05, 0) is 32.0 Å². The van der Waals surface area contributed by atoms with E-state index in [-0.39, 0.29) is 6.04 Å². The van der Waals surface area contributed by atoms with Crippen LogP contribution in [0, 0.1) is 0 Å². The van der Waals surface area contributed by atoms with Crippen molar-refractivity contribution in [2.24, 2.45) is 4.99 Å². The molecule has 12 heavy (non-hydrogen) atoms. The van der Waals surface area contributed by atoms with E-state index in [1.54, 1.807) is 6.21 Å². The zero-order valence-electron chi connectivity index (χ0n) is 7.06. The van der Waals surface area contributed by atoms with Crippen LogP contribution in [0.5, 0.6) is 0 Å². The van der Waals surface area contributed by atoms with Crippen LogP contribution in [0.1, 0.15) is 12.8 Å². The number of hydrogen-bond acceptors (Lipinski definition) is 3. The Morgan fingerprint density at radius 3 is 2.75 bits per heavy atom. The first kappa shape index (κ1) is 7.95. The number of rotatable bonds is 1. The largest absolute Gasteiger partial charge is 0.370 e. The van der Waals surface area contributed by atoms with Crippen molar-refractivity contribution in [1.29, 1.82) is 0 Å². The summed E-state index contributed by atoms with van der Waals surface area (Å²) < 4.78 is 0. The van der Waals surface area contributed by atoms with Crippen molar-refractivity contribution in [3.63, 3.8) is 0 Å². The van der Waals surface area contributed by atoms with E-state index in [4.69, 9.17) is 0 Å². The first-order valence-corrected chi connectivity index (χ1v) is 4.50. The highest BCUT2D eigenvalue weighted by Crippen LogP contribution is 2.17. The average Bonchev–Trinajstić information content (AvgIpc) is 2.57. The van der Waals surface area contributed by atoms with Crippen LogP contribution in [0.2, 0.25) is 0 Å². The maximum absolute atomic E-state index is 9.54. The molecule has 0 amide bonds. The van der Waals surface area contributed by atoms with Crippen molar-refractivity contribution >= 4 is 6.21 Å². The monoisotopic (exact) mass is 166 g/mol. The van der Waals surface area contributed by atoms with Crippen LogP contribution in [0.25, 0.3) is 0 Å². The topological polar surface area (TPSA) is 35.8 Å². The minimum absolute atomic E-state index is 0.123. The van der Waals surface area contributed by atoms with Gasteiger partial charge in [0.1, 0.15) is 0 Å². The highest BCUT2D eigenvalue weighted by Gasteiger charge is 2.26. The summed E-state index contributed by atoms with van der Waals surface area (Å²) in [6.45, 7) is 2.20. The van der Waals surface area contributed by atoms with E-state index in [1.165, 1.54) is 12.8 Å². The van der Waals surface area contributed by atoms with Crippen molar-refractivity contribution in [3.8, 4) is 0 Å². The van der Waals surface area contributed by atoms with Gasteiger partial charge in [-0.15, -0.1) is 0 Å². The summed E-state index contributed by atoms with van der Waals surface area (Å²) in [6, 6.07) is 0.123. The van der Waals surface area contributed by atoms with Gasteiger partial charge in [-0.2, -0.15) is 0 Å².